The molecule has 0 aliphatic carbocycles. The maximum Gasteiger partial charge on any atom is 0.472 e. The Morgan fingerprint density at radius 3 is 2.17 bits per heavy atom. The van der Waals surface area contributed by atoms with Crippen LogP contribution in [0.15, 0.2) is 48.5 Å². The van der Waals surface area contributed by atoms with Gasteiger partial charge in [0.1, 0.15) is 5.82 Å². The monoisotopic (exact) mass is 494 g/mol. The van der Waals surface area contributed by atoms with Gasteiger partial charge < -0.3 is 4.90 Å². The molecule has 188 valence electrons. The normalized spacial score (nSPS) is 14.7. The van der Waals surface area contributed by atoms with Crippen molar-refractivity contribution in [1.29, 1.82) is 0 Å². The van der Waals surface area contributed by atoms with Gasteiger partial charge in [-0.3, -0.25) is 30.1 Å². The highest BCUT2D eigenvalue weighted by molar-refractivity contribution is 5.97. The van der Waals surface area contributed by atoms with Crippen LogP contribution in [-0.4, -0.2) is 47.4 Å². The maximum atomic E-state index is 14.9. The molecule has 0 radical (unpaired) electrons. The van der Waals surface area contributed by atoms with Crippen molar-refractivity contribution >= 4 is 23.4 Å². The Morgan fingerprint density at radius 2 is 1.63 bits per heavy atom. The summed E-state index contributed by atoms with van der Waals surface area (Å²) in [7, 11) is 0. The summed E-state index contributed by atoms with van der Waals surface area (Å²) < 4.78 is 51.6. The van der Waals surface area contributed by atoms with Crippen molar-refractivity contribution in [3.8, 4) is 0 Å². The zero-order valence-electron chi connectivity index (χ0n) is 19.4. The number of hydrogen-bond donors (Lipinski definition) is 2. The minimum Gasteiger partial charge on any atom is -0.308 e. The third-order valence-electron chi connectivity index (χ3n) is 5.70. The highest BCUT2D eigenvalue weighted by Crippen LogP contribution is 2.29. The lowest BCUT2D eigenvalue weighted by Crippen LogP contribution is -2.60. The van der Waals surface area contributed by atoms with Crippen LogP contribution in [-0.2, 0) is 16.1 Å². The predicted molar refractivity (Wildman–Crippen MR) is 121 cm³/mol. The van der Waals surface area contributed by atoms with Crippen molar-refractivity contribution in [2.24, 2.45) is 5.92 Å². The minimum atomic E-state index is -5.18. The molecule has 3 amide bonds. The van der Waals surface area contributed by atoms with Gasteiger partial charge >= 0.3 is 12.1 Å². The fourth-order valence-electron chi connectivity index (χ4n) is 3.55. The number of amides is 3. The van der Waals surface area contributed by atoms with Crippen LogP contribution in [0.4, 0.5) is 23.2 Å². The number of halogens is 4. The topological polar surface area (TPSA) is 81.8 Å². The first-order chi connectivity index (χ1) is 16.3. The lowest BCUT2D eigenvalue weighted by Gasteiger charge is -2.48. The van der Waals surface area contributed by atoms with Crippen LogP contribution in [0.3, 0.4) is 0 Å². The molecule has 0 aromatic heterocycles. The summed E-state index contributed by atoms with van der Waals surface area (Å²) in [6.07, 6.45) is -5.18. The summed E-state index contributed by atoms with van der Waals surface area (Å²) >= 11 is 0. The van der Waals surface area contributed by atoms with E-state index in [2.05, 4.69) is 25.7 Å². The molecule has 2 aromatic rings. The van der Waals surface area contributed by atoms with Crippen molar-refractivity contribution in [2.45, 2.75) is 39.0 Å². The first-order valence-corrected chi connectivity index (χ1v) is 10.8. The largest absolute Gasteiger partial charge is 0.472 e. The molecule has 2 aromatic carbocycles. The zero-order valence-corrected chi connectivity index (χ0v) is 19.4. The summed E-state index contributed by atoms with van der Waals surface area (Å²) in [5.41, 5.74) is 3.14. The van der Waals surface area contributed by atoms with Crippen LogP contribution < -0.4 is 15.8 Å². The third kappa shape index (κ3) is 6.36. The number of anilines is 1. The van der Waals surface area contributed by atoms with E-state index in [1.165, 1.54) is 22.5 Å². The molecule has 2 N–H and O–H groups in total. The van der Waals surface area contributed by atoms with E-state index in [-0.39, 0.29) is 35.0 Å². The molecular formula is C24H26F4N4O3. The second kappa shape index (κ2) is 10.0. The number of likely N-dealkylation sites (tertiary alicyclic amines) is 1. The zero-order chi connectivity index (χ0) is 26.0. The average molecular weight is 494 g/mol. The van der Waals surface area contributed by atoms with E-state index in [1.54, 1.807) is 35.8 Å². The van der Waals surface area contributed by atoms with Crippen LogP contribution in [0.5, 0.6) is 0 Å². The number of nitrogens with one attached hydrogen (secondary N) is 2. The number of benzene rings is 2. The van der Waals surface area contributed by atoms with Crippen LogP contribution in [0.25, 0.3) is 0 Å². The van der Waals surface area contributed by atoms with Crippen LogP contribution in [0.2, 0.25) is 0 Å². The van der Waals surface area contributed by atoms with Gasteiger partial charge in [0.25, 0.3) is 5.91 Å². The van der Waals surface area contributed by atoms with Gasteiger partial charge in [0.15, 0.2) is 0 Å². The predicted octanol–water partition coefficient (Wildman–Crippen LogP) is 3.41. The summed E-state index contributed by atoms with van der Waals surface area (Å²) in [6.45, 7) is 7.24. The van der Waals surface area contributed by atoms with Crippen molar-refractivity contribution in [3.05, 3.63) is 65.5 Å². The second-order valence-corrected chi connectivity index (χ2v) is 9.24. The Kier molecular flexibility index (Phi) is 7.49. The highest BCUT2D eigenvalue weighted by Gasteiger charge is 2.41. The Bertz CT molecular complexity index is 1090. The van der Waals surface area contributed by atoms with Gasteiger partial charge in [-0.25, -0.2) is 4.39 Å². The van der Waals surface area contributed by atoms with E-state index in [0.717, 1.165) is 6.07 Å². The molecule has 3 rings (SSSR count). The molecule has 1 saturated heterocycles. The minimum absolute atomic E-state index is 0.0730. The molecule has 0 bridgehead atoms. The number of carbonyl (C=O) groups excluding carboxylic acids is 3. The Labute approximate surface area is 200 Å². The molecule has 1 fully saturated rings. The lowest BCUT2D eigenvalue weighted by molar-refractivity contribution is -0.174. The number of alkyl halides is 3. The molecule has 0 atom stereocenters. The van der Waals surface area contributed by atoms with Gasteiger partial charge in [-0.1, -0.05) is 24.3 Å². The van der Waals surface area contributed by atoms with Crippen molar-refractivity contribution in [1.82, 2.24) is 15.8 Å². The van der Waals surface area contributed by atoms with E-state index in [9.17, 15) is 31.9 Å². The second-order valence-electron chi connectivity index (χ2n) is 9.24. The smallest absolute Gasteiger partial charge is 0.308 e. The first-order valence-electron chi connectivity index (χ1n) is 10.8. The van der Waals surface area contributed by atoms with E-state index in [0.29, 0.717) is 18.8 Å². The molecule has 35 heavy (non-hydrogen) atoms. The number of rotatable bonds is 5. The van der Waals surface area contributed by atoms with E-state index < -0.39 is 23.8 Å². The van der Waals surface area contributed by atoms with Gasteiger partial charge in [-0.15, -0.1) is 0 Å². The fourth-order valence-corrected chi connectivity index (χ4v) is 3.55. The maximum absolute atomic E-state index is 14.9. The lowest BCUT2D eigenvalue weighted by atomic mass is 9.91. The van der Waals surface area contributed by atoms with Crippen molar-refractivity contribution < 1.29 is 31.9 Å². The number of hydrazine groups is 1. The number of para-hydroxylation sites is 1. The van der Waals surface area contributed by atoms with Gasteiger partial charge in [-0.05, 0) is 45.0 Å². The Balaban J connectivity index is 1.74. The number of hydrogen-bond acceptors (Lipinski definition) is 4. The standard InChI is InChI=1S/C24H26F4N4O3/c1-23(2,3)31-12-17(13-31)21(34)32(18-7-5-4-6-8-18)14-16-10-9-15(11-19(16)25)20(33)29-30-22(35)24(26,27)28/h4-11,17H,12-14H2,1-3H3,(H,29,33)(H,30,35). The molecule has 0 saturated carbocycles. The van der Waals surface area contributed by atoms with Gasteiger partial charge in [-0.2, -0.15) is 13.2 Å². The summed E-state index contributed by atoms with van der Waals surface area (Å²) in [5, 5.41) is 0. The van der Waals surface area contributed by atoms with Crippen LogP contribution in [0.1, 0.15) is 36.7 Å². The van der Waals surface area contributed by atoms with Gasteiger partial charge in [0.2, 0.25) is 5.91 Å². The van der Waals surface area contributed by atoms with E-state index in [4.69, 9.17) is 0 Å². The Morgan fingerprint density at radius 1 is 1.00 bits per heavy atom. The molecular weight excluding hydrogens is 468 g/mol. The van der Waals surface area contributed by atoms with Crippen molar-refractivity contribution in [3.63, 3.8) is 0 Å². The SMILES string of the molecule is CC(C)(C)N1CC(C(=O)N(Cc2ccc(C(=O)NNC(=O)C(F)(F)F)cc2F)c2ccccc2)C1. The van der Waals surface area contributed by atoms with Crippen molar-refractivity contribution in [2.75, 3.05) is 18.0 Å². The van der Waals surface area contributed by atoms with Crippen LogP contribution in [0, 0.1) is 11.7 Å². The third-order valence-corrected chi connectivity index (χ3v) is 5.70. The van der Waals surface area contributed by atoms with E-state index >= 15 is 0 Å². The molecule has 1 heterocycles. The fraction of sp³-hybridized carbons (Fsp3) is 0.375. The molecule has 0 spiro atoms. The molecule has 11 heteroatoms. The molecule has 0 unspecified atom stereocenters. The van der Waals surface area contributed by atoms with E-state index in [1.807, 2.05) is 0 Å². The molecule has 1 aliphatic rings. The van der Waals surface area contributed by atoms with Crippen LogP contribution >= 0.6 is 0 Å². The summed E-state index contributed by atoms with van der Waals surface area (Å²) in [4.78, 5) is 39.8. The molecule has 1 aliphatic heterocycles. The number of nitrogens with zero attached hydrogens (tertiary/aromatic N) is 2. The molecule has 7 nitrogen and oxygen atoms in total. The number of carbonyl (C=O) groups is 3. The van der Waals surface area contributed by atoms with Gasteiger partial charge in [0.05, 0.1) is 12.5 Å². The summed E-state index contributed by atoms with van der Waals surface area (Å²) in [6, 6.07) is 12.1. The average Bonchev–Trinajstić information content (AvgIpc) is 2.74. The van der Waals surface area contributed by atoms with Gasteiger partial charge in [0, 0.05) is 35.4 Å². The highest BCUT2D eigenvalue weighted by atomic mass is 19.4. The Hall–Kier alpha value is -3.47. The first kappa shape index (κ1) is 26.1. The quantitative estimate of drug-likeness (QED) is 0.493. The summed E-state index contributed by atoms with van der Waals surface area (Å²) in [5.74, 6) is -4.72.